The van der Waals surface area contributed by atoms with Gasteiger partial charge in [0.15, 0.2) is 0 Å². The van der Waals surface area contributed by atoms with Gasteiger partial charge in [0.25, 0.3) is 0 Å². The Balaban J connectivity index is 1.83. The van der Waals surface area contributed by atoms with Gasteiger partial charge in [-0.1, -0.05) is 24.3 Å². The predicted octanol–water partition coefficient (Wildman–Crippen LogP) is 1.60. The molecule has 0 bridgehead atoms. The van der Waals surface area contributed by atoms with Crippen LogP contribution in [0.25, 0.3) is 0 Å². The summed E-state index contributed by atoms with van der Waals surface area (Å²) < 4.78 is 0. The smallest absolute Gasteiger partial charge is 0.227 e. The number of nitriles is 1. The lowest BCUT2D eigenvalue weighted by molar-refractivity contribution is -0.132. The molecule has 0 aromatic heterocycles. The molecule has 1 aliphatic rings. The summed E-state index contributed by atoms with van der Waals surface area (Å²) >= 11 is 0. The number of nitrogens with zero attached hydrogens (tertiary/aromatic N) is 3. The average molecular weight is 271 g/mol. The number of carbonyl (C=O) groups is 1. The Labute approximate surface area is 120 Å². The van der Waals surface area contributed by atoms with E-state index in [1.54, 1.807) is 0 Å². The van der Waals surface area contributed by atoms with Crippen LogP contribution < -0.4 is 0 Å². The molecule has 0 spiro atoms. The van der Waals surface area contributed by atoms with Crippen molar-refractivity contribution >= 4 is 5.91 Å². The summed E-state index contributed by atoms with van der Waals surface area (Å²) in [5.74, 6) is 0.208. The minimum absolute atomic E-state index is 0.208. The zero-order valence-corrected chi connectivity index (χ0v) is 12.0. The minimum Gasteiger partial charge on any atom is -0.340 e. The first kappa shape index (κ1) is 14.5. The molecule has 20 heavy (non-hydrogen) atoms. The van der Waals surface area contributed by atoms with Gasteiger partial charge in [-0.3, -0.25) is 9.69 Å². The standard InChI is InChI=1S/C16H21N3O/c1-14-5-2-3-6-15(14)13-16(20)19-11-9-18(10-12-19)8-4-7-17/h2-3,5-6H,4,8-13H2,1H3. The number of hydrogen-bond donors (Lipinski definition) is 0. The second kappa shape index (κ2) is 7.06. The van der Waals surface area contributed by atoms with Crippen molar-refractivity contribution in [1.29, 1.82) is 5.26 Å². The molecule has 0 radical (unpaired) electrons. The fraction of sp³-hybridized carbons (Fsp3) is 0.500. The van der Waals surface area contributed by atoms with Gasteiger partial charge in [0.05, 0.1) is 12.5 Å². The number of piperazine rings is 1. The summed E-state index contributed by atoms with van der Waals surface area (Å²) in [6, 6.07) is 10.2. The van der Waals surface area contributed by atoms with E-state index in [-0.39, 0.29) is 5.91 Å². The summed E-state index contributed by atoms with van der Waals surface area (Å²) in [7, 11) is 0. The first-order valence-corrected chi connectivity index (χ1v) is 7.12. The summed E-state index contributed by atoms with van der Waals surface area (Å²) in [5.41, 5.74) is 2.29. The SMILES string of the molecule is Cc1ccccc1CC(=O)N1CCN(CCC#N)CC1. The zero-order valence-electron chi connectivity index (χ0n) is 12.0. The van der Waals surface area contributed by atoms with Crippen LogP contribution in [0.2, 0.25) is 0 Å². The van der Waals surface area contributed by atoms with Crippen LogP contribution in [-0.2, 0) is 11.2 Å². The molecule has 0 saturated carbocycles. The monoisotopic (exact) mass is 271 g/mol. The van der Waals surface area contributed by atoms with Crippen molar-refractivity contribution in [3.05, 3.63) is 35.4 Å². The molecule has 1 aromatic carbocycles. The molecule has 0 N–H and O–H groups in total. The fourth-order valence-corrected chi connectivity index (χ4v) is 2.51. The van der Waals surface area contributed by atoms with E-state index in [4.69, 9.17) is 5.26 Å². The molecule has 1 heterocycles. The van der Waals surface area contributed by atoms with Gasteiger partial charge in [0.2, 0.25) is 5.91 Å². The molecule has 4 nitrogen and oxygen atoms in total. The average Bonchev–Trinajstić information content (AvgIpc) is 2.48. The highest BCUT2D eigenvalue weighted by Gasteiger charge is 2.21. The Bertz CT molecular complexity index is 499. The molecule has 1 aromatic rings. The number of carbonyl (C=O) groups excluding carboxylic acids is 1. The van der Waals surface area contributed by atoms with E-state index in [1.807, 2.05) is 36.1 Å². The van der Waals surface area contributed by atoms with E-state index in [1.165, 1.54) is 5.56 Å². The Morgan fingerprint density at radius 3 is 2.60 bits per heavy atom. The first-order chi connectivity index (χ1) is 9.70. The maximum Gasteiger partial charge on any atom is 0.227 e. The molecule has 4 heteroatoms. The quantitative estimate of drug-likeness (QED) is 0.835. The number of hydrogen-bond acceptors (Lipinski definition) is 3. The van der Waals surface area contributed by atoms with Crippen LogP contribution in [0.3, 0.4) is 0 Å². The van der Waals surface area contributed by atoms with Crippen molar-refractivity contribution in [3.63, 3.8) is 0 Å². The summed E-state index contributed by atoms with van der Waals surface area (Å²) in [4.78, 5) is 16.5. The van der Waals surface area contributed by atoms with E-state index in [9.17, 15) is 4.79 Å². The molecular formula is C16H21N3O. The Morgan fingerprint density at radius 1 is 1.25 bits per heavy atom. The Morgan fingerprint density at radius 2 is 1.95 bits per heavy atom. The zero-order chi connectivity index (χ0) is 14.4. The van der Waals surface area contributed by atoms with Crippen LogP contribution in [0.5, 0.6) is 0 Å². The highest BCUT2D eigenvalue weighted by atomic mass is 16.2. The van der Waals surface area contributed by atoms with Crippen LogP contribution in [0, 0.1) is 18.3 Å². The summed E-state index contributed by atoms with van der Waals surface area (Å²) in [5, 5.41) is 8.59. The van der Waals surface area contributed by atoms with E-state index in [0.717, 1.165) is 38.3 Å². The van der Waals surface area contributed by atoms with Crippen LogP contribution in [0.4, 0.5) is 0 Å². The number of aryl methyl sites for hydroxylation is 1. The Hall–Kier alpha value is -1.86. The second-order valence-corrected chi connectivity index (χ2v) is 5.23. The number of rotatable bonds is 4. The van der Waals surface area contributed by atoms with Crippen LogP contribution in [-0.4, -0.2) is 48.4 Å². The van der Waals surface area contributed by atoms with Crippen LogP contribution >= 0.6 is 0 Å². The van der Waals surface area contributed by atoms with Gasteiger partial charge >= 0.3 is 0 Å². The maximum absolute atomic E-state index is 12.3. The second-order valence-electron chi connectivity index (χ2n) is 5.23. The number of amides is 1. The van der Waals surface area contributed by atoms with Crippen molar-refractivity contribution in [3.8, 4) is 6.07 Å². The molecule has 0 unspecified atom stereocenters. The third-order valence-electron chi connectivity index (χ3n) is 3.87. The first-order valence-electron chi connectivity index (χ1n) is 7.12. The summed E-state index contributed by atoms with van der Waals surface area (Å²) in [6.45, 7) is 6.16. The van der Waals surface area contributed by atoms with Gasteiger partial charge in [0, 0.05) is 39.1 Å². The van der Waals surface area contributed by atoms with Gasteiger partial charge in [-0.15, -0.1) is 0 Å². The van der Waals surface area contributed by atoms with E-state index in [0.29, 0.717) is 12.8 Å². The fourth-order valence-electron chi connectivity index (χ4n) is 2.51. The lowest BCUT2D eigenvalue weighted by Crippen LogP contribution is -2.49. The van der Waals surface area contributed by atoms with Crippen LogP contribution in [0.15, 0.2) is 24.3 Å². The van der Waals surface area contributed by atoms with Crippen molar-refractivity contribution < 1.29 is 4.79 Å². The molecule has 106 valence electrons. The molecule has 2 rings (SSSR count). The van der Waals surface area contributed by atoms with Gasteiger partial charge in [-0.25, -0.2) is 0 Å². The summed E-state index contributed by atoms with van der Waals surface area (Å²) in [6.07, 6.45) is 1.06. The third-order valence-corrected chi connectivity index (χ3v) is 3.87. The van der Waals surface area contributed by atoms with Gasteiger partial charge in [-0.2, -0.15) is 5.26 Å². The molecule has 1 amide bonds. The topological polar surface area (TPSA) is 47.3 Å². The highest BCUT2D eigenvalue weighted by molar-refractivity contribution is 5.79. The van der Waals surface area contributed by atoms with Crippen molar-refractivity contribution in [2.45, 2.75) is 19.8 Å². The largest absolute Gasteiger partial charge is 0.340 e. The lowest BCUT2D eigenvalue weighted by atomic mass is 10.1. The minimum atomic E-state index is 0.208. The molecule has 0 atom stereocenters. The van der Waals surface area contributed by atoms with Crippen molar-refractivity contribution in [1.82, 2.24) is 9.80 Å². The third kappa shape index (κ3) is 3.82. The van der Waals surface area contributed by atoms with Gasteiger partial charge < -0.3 is 4.90 Å². The molecular weight excluding hydrogens is 250 g/mol. The maximum atomic E-state index is 12.3. The van der Waals surface area contributed by atoms with E-state index < -0.39 is 0 Å². The van der Waals surface area contributed by atoms with Gasteiger partial charge in [-0.05, 0) is 18.1 Å². The molecule has 0 aliphatic carbocycles. The predicted molar refractivity (Wildman–Crippen MR) is 78.1 cm³/mol. The molecule has 1 aliphatic heterocycles. The molecule has 1 saturated heterocycles. The van der Waals surface area contributed by atoms with Gasteiger partial charge in [0.1, 0.15) is 0 Å². The van der Waals surface area contributed by atoms with Crippen molar-refractivity contribution in [2.24, 2.45) is 0 Å². The highest BCUT2D eigenvalue weighted by Crippen LogP contribution is 2.11. The van der Waals surface area contributed by atoms with E-state index in [2.05, 4.69) is 11.0 Å². The van der Waals surface area contributed by atoms with E-state index >= 15 is 0 Å². The van der Waals surface area contributed by atoms with Crippen molar-refractivity contribution in [2.75, 3.05) is 32.7 Å². The normalized spacial score (nSPS) is 15.9. The lowest BCUT2D eigenvalue weighted by Gasteiger charge is -2.34. The number of benzene rings is 1. The molecule has 1 fully saturated rings. The van der Waals surface area contributed by atoms with Crippen LogP contribution in [0.1, 0.15) is 17.5 Å². The Kier molecular flexibility index (Phi) is 5.14.